The molecule has 1 aliphatic heterocycles. The lowest BCUT2D eigenvalue weighted by Crippen LogP contribution is -3.13. The number of thiophene rings is 1. The molecule has 1 aliphatic rings. The van der Waals surface area contributed by atoms with Gasteiger partial charge in [-0.1, -0.05) is 41.9 Å². The molecule has 5 nitrogen and oxygen atoms in total. The zero-order valence-corrected chi connectivity index (χ0v) is 18.9. The molecule has 1 saturated heterocycles. The molecule has 5 rings (SSSR count). The van der Waals surface area contributed by atoms with Crippen molar-refractivity contribution in [1.82, 2.24) is 14.7 Å². The van der Waals surface area contributed by atoms with Gasteiger partial charge in [0.1, 0.15) is 11.4 Å². The highest BCUT2D eigenvalue weighted by atomic mass is 35.5. The first kappa shape index (κ1) is 20.2. The maximum Gasteiger partial charge on any atom is 0.264 e. The zero-order chi connectivity index (χ0) is 21.4. The number of aromatic nitrogens is 2. The number of rotatable bonds is 4. The Bertz CT molecular complexity index is 1210. The van der Waals surface area contributed by atoms with Crippen LogP contribution in [0.25, 0.3) is 15.9 Å². The van der Waals surface area contributed by atoms with E-state index >= 15 is 0 Å². The number of benzene rings is 2. The van der Waals surface area contributed by atoms with Crippen LogP contribution in [0.3, 0.4) is 0 Å². The van der Waals surface area contributed by atoms with E-state index in [9.17, 15) is 4.79 Å². The van der Waals surface area contributed by atoms with E-state index in [1.807, 2.05) is 52.9 Å². The number of fused-ring (bicyclic) bond motifs is 1. The number of nitrogens with zero attached hydrogens (tertiary/aromatic N) is 3. The number of carbonyl (C=O) groups is 1. The van der Waals surface area contributed by atoms with Crippen molar-refractivity contribution < 1.29 is 9.69 Å². The fraction of sp³-hybridized carbons (Fsp3) is 0.250. The smallest absolute Gasteiger partial charge is 0.264 e. The summed E-state index contributed by atoms with van der Waals surface area (Å²) in [5.41, 5.74) is 3.22. The van der Waals surface area contributed by atoms with E-state index in [1.54, 1.807) is 0 Å². The minimum absolute atomic E-state index is 0.127. The van der Waals surface area contributed by atoms with Gasteiger partial charge >= 0.3 is 0 Å². The van der Waals surface area contributed by atoms with Crippen molar-refractivity contribution in [3.8, 4) is 5.69 Å². The summed E-state index contributed by atoms with van der Waals surface area (Å²) in [6.45, 7) is 6.53. The Morgan fingerprint density at radius 3 is 2.52 bits per heavy atom. The number of nitrogens with one attached hydrogen (secondary N) is 1. The van der Waals surface area contributed by atoms with Crippen LogP contribution in [0.2, 0.25) is 5.02 Å². The highest BCUT2D eigenvalue weighted by Gasteiger charge is 2.26. The minimum Gasteiger partial charge on any atom is -0.328 e. The Labute approximate surface area is 190 Å². The normalized spacial score (nSPS) is 15.0. The highest BCUT2D eigenvalue weighted by molar-refractivity contribution is 7.20. The molecular formula is C24H24ClN4OS+. The fourth-order valence-corrected chi connectivity index (χ4v) is 5.43. The lowest BCUT2D eigenvalue weighted by Gasteiger charge is -2.32. The van der Waals surface area contributed by atoms with Crippen molar-refractivity contribution >= 4 is 39.1 Å². The predicted octanol–water partition coefficient (Wildman–Crippen LogP) is 3.59. The molecular weight excluding hydrogens is 428 g/mol. The van der Waals surface area contributed by atoms with Crippen molar-refractivity contribution in [2.75, 3.05) is 26.2 Å². The van der Waals surface area contributed by atoms with E-state index in [0.717, 1.165) is 59.2 Å². The quantitative estimate of drug-likeness (QED) is 0.515. The summed E-state index contributed by atoms with van der Waals surface area (Å²) in [4.78, 5) is 18.5. The van der Waals surface area contributed by atoms with Gasteiger partial charge in [-0.15, -0.1) is 11.3 Å². The van der Waals surface area contributed by atoms with Gasteiger partial charge in [0.15, 0.2) is 0 Å². The summed E-state index contributed by atoms with van der Waals surface area (Å²) in [6, 6.07) is 20.2. The predicted molar refractivity (Wildman–Crippen MR) is 125 cm³/mol. The topological polar surface area (TPSA) is 42.6 Å². The van der Waals surface area contributed by atoms with Crippen molar-refractivity contribution in [1.29, 1.82) is 0 Å². The van der Waals surface area contributed by atoms with E-state index in [1.165, 1.54) is 21.8 Å². The van der Waals surface area contributed by atoms with Crippen LogP contribution in [0.15, 0.2) is 60.7 Å². The third-order valence-electron chi connectivity index (χ3n) is 5.88. The van der Waals surface area contributed by atoms with Gasteiger partial charge < -0.3 is 9.80 Å². The van der Waals surface area contributed by atoms with Crippen molar-refractivity contribution in [3.63, 3.8) is 0 Å². The molecule has 0 saturated carbocycles. The van der Waals surface area contributed by atoms with Gasteiger partial charge in [0.2, 0.25) is 0 Å². The second kappa shape index (κ2) is 8.46. The molecule has 0 spiro atoms. The molecule has 3 heterocycles. The average Bonchev–Trinajstić information content (AvgIpc) is 3.36. The van der Waals surface area contributed by atoms with E-state index in [0.29, 0.717) is 5.02 Å². The van der Waals surface area contributed by atoms with Crippen molar-refractivity contribution in [2.45, 2.75) is 13.5 Å². The number of piperazine rings is 1. The highest BCUT2D eigenvalue weighted by Crippen LogP contribution is 2.31. The first-order valence-corrected chi connectivity index (χ1v) is 11.7. The average molecular weight is 452 g/mol. The summed E-state index contributed by atoms with van der Waals surface area (Å²) in [5.74, 6) is 0.127. The third kappa shape index (κ3) is 4.11. The van der Waals surface area contributed by atoms with Gasteiger partial charge in [0.25, 0.3) is 5.91 Å². The number of aryl methyl sites for hydroxylation is 1. The van der Waals surface area contributed by atoms with E-state index in [4.69, 9.17) is 11.6 Å². The van der Waals surface area contributed by atoms with Gasteiger partial charge in [-0.2, -0.15) is 5.10 Å². The zero-order valence-electron chi connectivity index (χ0n) is 17.3. The Kier molecular flexibility index (Phi) is 5.52. The maximum absolute atomic E-state index is 13.2. The number of hydrogen-bond donors (Lipinski definition) is 1. The van der Waals surface area contributed by atoms with Crippen molar-refractivity contribution in [3.05, 3.63) is 81.8 Å². The number of carbonyl (C=O) groups excluding carboxylic acids is 1. The van der Waals surface area contributed by atoms with Crippen LogP contribution in [0, 0.1) is 6.92 Å². The molecule has 4 aromatic rings. The van der Waals surface area contributed by atoms with Crippen LogP contribution in [0.5, 0.6) is 0 Å². The van der Waals surface area contributed by atoms with E-state index < -0.39 is 0 Å². The largest absolute Gasteiger partial charge is 0.328 e. The van der Waals surface area contributed by atoms with Crippen LogP contribution in [0.4, 0.5) is 0 Å². The molecule has 0 aliphatic carbocycles. The Hall–Kier alpha value is -2.67. The van der Waals surface area contributed by atoms with Crippen LogP contribution < -0.4 is 4.90 Å². The molecule has 1 N–H and O–H groups in total. The van der Waals surface area contributed by atoms with Gasteiger partial charge in [0, 0.05) is 16.0 Å². The fourth-order valence-electron chi connectivity index (χ4n) is 4.15. The van der Waals surface area contributed by atoms with Gasteiger partial charge in [-0.05, 0) is 37.3 Å². The molecule has 1 fully saturated rings. The lowest BCUT2D eigenvalue weighted by atomic mass is 10.2. The maximum atomic E-state index is 13.2. The lowest BCUT2D eigenvalue weighted by molar-refractivity contribution is -0.917. The van der Waals surface area contributed by atoms with Gasteiger partial charge in [-0.3, -0.25) is 4.79 Å². The molecule has 158 valence electrons. The Morgan fingerprint density at radius 2 is 1.81 bits per heavy atom. The van der Waals surface area contributed by atoms with Crippen LogP contribution in [-0.2, 0) is 6.54 Å². The molecule has 0 radical (unpaired) electrons. The Balaban J connectivity index is 1.31. The van der Waals surface area contributed by atoms with Crippen LogP contribution >= 0.6 is 22.9 Å². The Morgan fingerprint density at radius 1 is 1.10 bits per heavy atom. The molecule has 1 amide bonds. The SMILES string of the molecule is Cc1nn(-c2ccc(Cl)cc2)c2sc(C(=O)N3CC[NH+](Cc4ccccc4)CC3)cc12. The summed E-state index contributed by atoms with van der Waals surface area (Å²) in [6.07, 6.45) is 0. The first-order chi connectivity index (χ1) is 15.1. The molecule has 2 aromatic heterocycles. The van der Waals surface area contributed by atoms with Gasteiger partial charge in [0.05, 0.1) is 42.4 Å². The number of halogens is 1. The first-order valence-electron chi connectivity index (χ1n) is 10.5. The van der Waals surface area contributed by atoms with Crippen molar-refractivity contribution in [2.24, 2.45) is 0 Å². The molecule has 31 heavy (non-hydrogen) atoms. The second-order valence-electron chi connectivity index (χ2n) is 8.01. The molecule has 7 heteroatoms. The summed E-state index contributed by atoms with van der Waals surface area (Å²) in [5, 5.41) is 6.40. The molecule has 0 unspecified atom stereocenters. The van der Waals surface area contributed by atoms with Gasteiger partial charge in [-0.25, -0.2) is 4.68 Å². The summed E-state index contributed by atoms with van der Waals surface area (Å²) in [7, 11) is 0. The third-order valence-corrected chi connectivity index (χ3v) is 7.23. The number of hydrogen-bond acceptors (Lipinski definition) is 3. The van der Waals surface area contributed by atoms with E-state index in [-0.39, 0.29) is 5.91 Å². The van der Waals surface area contributed by atoms with Crippen LogP contribution in [-0.4, -0.2) is 46.8 Å². The van der Waals surface area contributed by atoms with Crippen LogP contribution in [0.1, 0.15) is 20.9 Å². The second-order valence-corrected chi connectivity index (χ2v) is 9.47. The number of amides is 1. The molecule has 0 atom stereocenters. The minimum atomic E-state index is 0.127. The number of quaternary nitrogens is 1. The molecule has 0 bridgehead atoms. The standard InChI is InChI=1S/C24H23ClN4OS/c1-17-21-15-22(31-24(21)29(26-17)20-9-7-19(25)8-10-20)23(30)28-13-11-27(12-14-28)16-18-5-3-2-4-6-18/h2-10,15H,11-14,16H2,1H3/p+1. The molecule has 2 aromatic carbocycles. The summed E-state index contributed by atoms with van der Waals surface area (Å²) >= 11 is 7.55. The van der Waals surface area contributed by atoms with E-state index in [2.05, 4.69) is 29.4 Å². The monoisotopic (exact) mass is 451 g/mol. The summed E-state index contributed by atoms with van der Waals surface area (Å²) < 4.78 is 1.91.